The Bertz CT molecular complexity index is 534. The molecule has 8 heteroatoms. The second-order valence-corrected chi connectivity index (χ2v) is 3.66. The van der Waals surface area contributed by atoms with Crippen LogP contribution in [0.4, 0.5) is 5.82 Å². The first-order valence-corrected chi connectivity index (χ1v) is 5.81. The van der Waals surface area contributed by atoms with Gasteiger partial charge in [0.15, 0.2) is 5.65 Å². The lowest BCUT2D eigenvalue weighted by molar-refractivity contribution is -0.128. The molecule has 18 heavy (non-hydrogen) atoms. The molecule has 0 saturated heterocycles. The van der Waals surface area contributed by atoms with Gasteiger partial charge in [-0.1, -0.05) is 0 Å². The van der Waals surface area contributed by atoms with Crippen LogP contribution in [0.1, 0.15) is 13.8 Å². The minimum Gasteiger partial charge on any atom is -0.360 e. The predicted octanol–water partition coefficient (Wildman–Crippen LogP) is -0.200. The maximum Gasteiger partial charge on any atom is 0.241 e. The number of aromatic nitrogens is 5. The number of carbonyl (C=O) groups is 1. The average Bonchev–Trinajstić information content (AvgIpc) is 2.85. The molecule has 2 aromatic rings. The lowest BCUT2D eigenvalue weighted by Gasteiger charge is -2.18. The van der Waals surface area contributed by atoms with Crippen LogP contribution >= 0.6 is 0 Å². The summed E-state index contributed by atoms with van der Waals surface area (Å²) in [7, 11) is 0. The molecule has 0 fully saturated rings. The van der Waals surface area contributed by atoms with Crippen LogP contribution in [0.15, 0.2) is 12.1 Å². The van der Waals surface area contributed by atoms with Crippen molar-refractivity contribution in [2.75, 3.05) is 25.0 Å². The zero-order valence-electron chi connectivity index (χ0n) is 10.4. The molecule has 8 nitrogen and oxygen atoms in total. The number of hydrogen-bond acceptors (Lipinski definition) is 6. The highest BCUT2D eigenvalue weighted by Crippen LogP contribution is 2.03. The van der Waals surface area contributed by atoms with Gasteiger partial charge in [-0.3, -0.25) is 4.79 Å². The standard InChI is InChI=1S/C10H15N7O/c1-3-16(4-2)10(18)7-11-8-5-6-9-12-14-15-17(9)13-8/h5-6H,3-4,7H2,1-2H3,(H,11,13). The molecule has 2 heterocycles. The highest BCUT2D eigenvalue weighted by Gasteiger charge is 2.09. The van der Waals surface area contributed by atoms with Crippen LogP contribution in [0.3, 0.4) is 0 Å². The summed E-state index contributed by atoms with van der Waals surface area (Å²) in [6, 6.07) is 3.47. The molecule has 1 amide bonds. The topological polar surface area (TPSA) is 88.3 Å². The van der Waals surface area contributed by atoms with Gasteiger partial charge in [-0.25, -0.2) is 0 Å². The van der Waals surface area contributed by atoms with E-state index < -0.39 is 0 Å². The molecule has 0 saturated carbocycles. The average molecular weight is 249 g/mol. The Morgan fingerprint density at radius 2 is 2.17 bits per heavy atom. The van der Waals surface area contributed by atoms with E-state index in [-0.39, 0.29) is 12.5 Å². The Labute approximate surface area is 104 Å². The number of carbonyl (C=O) groups excluding carboxylic acids is 1. The summed E-state index contributed by atoms with van der Waals surface area (Å²) in [6.07, 6.45) is 0. The van der Waals surface area contributed by atoms with Gasteiger partial charge in [0.25, 0.3) is 0 Å². The van der Waals surface area contributed by atoms with Crippen molar-refractivity contribution in [3.8, 4) is 0 Å². The van der Waals surface area contributed by atoms with Crippen LogP contribution in [-0.4, -0.2) is 55.7 Å². The lowest BCUT2D eigenvalue weighted by atomic mass is 10.4. The molecule has 0 aliphatic carbocycles. The third kappa shape index (κ3) is 2.53. The highest BCUT2D eigenvalue weighted by atomic mass is 16.2. The third-order valence-electron chi connectivity index (χ3n) is 2.61. The number of rotatable bonds is 5. The van der Waals surface area contributed by atoms with Gasteiger partial charge in [0.1, 0.15) is 5.82 Å². The summed E-state index contributed by atoms with van der Waals surface area (Å²) < 4.78 is 1.31. The zero-order valence-corrected chi connectivity index (χ0v) is 10.4. The van der Waals surface area contributed by atoms with E-state index in [1.165, 1.54) is 4.63 Å². The van der Waals surface area contributed by atoms with Gasteiger partial charge in [-0.15, -0.1) is 14.8 Å². The lowest BCUT2D eigenvalue weighted by Crippen LogP contribution is -2.35. The molecule has 2 rings (SSSR count). The summed E-state index contributed by atoms with van der Waals surface area (Å²) in [6.45, 7) is 5.52. The molecular formula is C10H15N7O. The Balaban J connectivity index is 1.99. The second kappa shape index (κ2) is 5.39. The van der Waals surface area contributed by atoms with Crippen molar-refractivity contribution in [1.29, 1.82) is 0 Å². The van der Waals surface area contributed by atoms with E-state index in [0.29, 0.717) is 24.6 Å². The fourth-order valence-electron chi connectivity index (χ4n) is 1.60. The first-order valence-electron chi connectivity index (χ1n) is 5.81. The van der Waals surface area contributed by atoms with E-state index in [0.717, 1.165) is 0 Å². The summed E-state index contributed by atoms with van der Waals surface area (Å²) in [4.78, 5) is 13.5. The number of anilines is 1. The number of tetrazole rings is 1. The van der Waals surface area contributed by atoms with Gasteiger partial charge >= 0.3 is 0 Å². The number of nitrogens with one attached hydrogen (secondary N) is 1. The van der Waals surface area contributed by atoms with Crippen molar-refractivity contribution in [2.24, 2.45) is 0 Å². The summed E-state index contributed by atoms with van der Waals surface area (Å²) in [5.41, 5.74) is 0.565. The van der Waals surface area contributed by atoms with Crippen LogP contribution < -0.4 is 5.32 Å². The smallest absolute Gasteiger partial charge is 0.241 e. The maximum absolute atomic E-state index is 11.8. The minimum atomic E-state index is 0.0404. The van der Waals surface area contributed by atoms with E-state index in [9.17, 15) is 4.79 Å². The van der Waals surface area contributed by atoms with E-state index in [4.69, 9.17) is 0 Å². The monoisotopic (exact) mass is 249 g/mol. The van der Waals surface area contributed by atoms with Crippen molar-refractivity contribution in [3.63, 3.8) is 0 Å². The Morgan fingerprint density at radius 3 is 2.89 bits per heavy atom. The Morgan fingerprint density at radius 1 is 1.39 bits per heavy atom. The second-order valence-electron chi connectivity index (χ2n) is 3.66. The Kier molecular flexibility index (Phi) is 3.66. The van der Waals surface area contributed by atoms with Crippen molar-refractivity contribution in [3.05, 3.63) is 12.1 Å². The first-order chi connectivity index (χ1) is 8.74. The van der Waals surface area contributed by atoms with E-state index in [1.807, 2.05) is 13.8 Å². The summed E-state index contributed by atoms with van der Waals surface area (Å²) in [5, 5.41) is 18.0. The van der Waals surface area contributed by atoms with Crippen LogP contribution in [0.2, 0.25) is 0 Å². The molecule has 0 radical (unpaired) electrons. The van der Waals surface area contributed by atoms with E-state index in [2.05, 4.69) is 25.9 Å². The fraction of sp³-hybridized carbons (Fsp3) is 0.500. The quantitative estimate of drug-likeness (QED) is 0.789. The first kappa shape index (κ1) is 12.2. The molecule has 0 aromatic carbocycles. The van der Waals surface area contributed by atoms with Crippen molar-refractivity contribution in [2.45, 2.75) is 13.8 Å². The largest absolute Gasteiger partial charge is 0.360 e. The van der Waals surface area contributed by atoms with Crippen molar-refractivity contribution >= 4 is 17.4 Å². The van der Waals surface area contributed by atoms with Crippen LogP contribution in [0.25, 0.3) is 5.65 Å². The molecular weight excluding hydrogens is 234 g/mol. The van der Waals surface area contributed by atoms with Gasteiger partial charge in [-0.2, -0.15) is 0 Å². The minimum absolute atomic E-state index is 0.0404. The zero-order chi connectivity index (χ0) is 13.0. The highest BCUT2D eigenvalue weighted by molar-refractivity contribution is 5.80. The molecule has 96 valence electrons. The molecule has 0 unspecified atom stereocenters. The van der Waals surface area contributed by atoms with Gasteiger partial charge in [0.05, 0.1) is 6.54 Å². The predicted molar refractivity (Wildman–Crippen MR) is 65.0 cm³/mol. The number of likely N-dealkylation sites (N-methyl/N-ethyl adjacent to an activating group) is 1. The van der Waals surface area contributed by atoms with Crippen LogP contribution in [-0.2, 0) is 4.79 Å². The number of amides is 1. The van der Waals surface area contributed by atoms with Gasteiger partial charge < -0.3 is 10.2 Å². The number of hydrogen-bond donors (Lipinski definition) is 1. The van der Waals surface area contributed by atoms with Gasteiger partial charge in [-0.05, 0) is 36.4 Å². The molecule has 0 aliphatic rings. The fourth-order valence-corrected chi connectivity index (χ4v) is 1.60. The van der Waals surface area contributed by atoms with Gasteiger partial charge in [0, 0.05) is 13.1 Å². The molecule has 0 aliphatic heterocycles. The van der Waals surface area contributed by atoms with Crippen molar-refractivity contribution < 1.29 is 4.79 Å². The van der Waals surface area contributed by atoms with E-state index >= 15 is 0 Å². The molecule has 0 spiro atoms. The third-order valence-corrected chi connectivity index (χ3v) is 2.61. The summed E-state index contributed by atoms with van der Waals surface area (Å²) >= 11 is 0. The molecule has 2 aromatic heterocycles. The SMILES string of the molecule is CCN(CC)C(=O)CNc1ccc2nnnn2n1. The van der Waals surface area contributed by atoms with Gasteiger partial charge in [0.2, 0.25) is 5.91 Å². The molecule has 1 N–H and O–H groups in total. The van der Waals surface area contributed by atoms with Crippen LogP contribution in [0.5, 0.6) is 0 Å². The van der Waals surface area contributed by atoms with Crippen molar-refractivity contribution in [1.82, 2.24) is 30.2 Å². The molecule has 0 bridgehead atoms. The Hall–Kier alpha value is -2.25. The normalized spacial score (nSPS) is 10.6. The van der Waals surface area contributed by atoms with E-state index in [1.54, 1.807) is 17.0 Å². The molecule has 0 atom stereocenters. The number of fused-ring (bicyclic) bond motifs is 1. The van der Waals surface area contributed by atoms with Crippen LogP contribution in [0, 0.1) is 0 Å². The number of nitrogens with zero attached hydrogens (tertiary/aromatic N) is 6. The summed E-state index contributed by atoms with van der Waals surface area (Å²) in [5.74, 6) is 0.605. The maximum atomic E-state index is 11.8.